The van der Waals surface area contributed by atoms with Crippen molar-refractivity contribution in [1.82, 2.24) is 5.32 Å². The second-order valence-electron chi connectivity index (χ2n) is 4.69. The Bertz CT molecular complexity index is 696. The number of hydrogen-bond acceptors (Lipinski definition) is 3. The molecular weight excluding hydrogens is 266 g/mol. The van der Waals surface area contributed by atoms with Gasteiger partial charge in [-0.2, -0.15) is 0 Å². The summed E-state index contributed by atoms with van der Waals surface area (Å²) in [4.78, 5) is 23.9. The van der Waals surface area contributed by atoms with E-state index in [9.17, 15) is 9.59 Å². The molecule has 5 nitrogen and oxygen atoms in total. The summed E-state index contributed by atoms with van der Waals surface area (Å²) in [7, 11) is 1.56. The van der Waals surface area contributed by atoms with Crippen LogP contribution < -0.4 is 16.4 Å². The van der Waals surface area contributed by atoms with E-state index in [1.54, 1.807) is 49.5 Å². The van der Waals surface area contributed by atoms with Gasteiger partial charge < -0.3 is 16.4 Å². The number of amides is 2. The molecule has 5 heteroatoms. The van der Waals surface area contributed by atoms with Crippen LogP contribution in [0.2, 0.25) is 0 Å². The lowest BCUT2D eigenvalue weighted by atomic mass is 10.1. The molecule has 0 bridgehead atoms. The summed E-state index contributed by atoms with van der Waals surface area (Å²) < 4.78 is 0. The molecule has 0 radical (unpaired) electrons. The molecule has 0 aliphatic heterocycles. The average molecular weight is 283 g/mol. The molecule has 0 aliphatic carbocycles. The van der Waals surface area contributed by atoms with Gasteiger partial charge in [-0.3, -0.25) is 9.59 Å². The Morgan fingerprint density at radius 3 is 2.52 bits per heavy atom. The van der Waals surface area contributed by atoms with Crippen molar-refractivity contribution in [2.45, 2.75) is 6.92 Å². The second-order valence-corrected chi connectivity index (χ2v) is 4.69. The van der Waals surface area contributed by atoms with E-state index in [4.69, 9.17) is 5.73 Å². The maximum atomic E-state index is 12.3. The number of nitrogens with two attached hydrogens (primary N) is 1. The third-order valence-corrected chi connectivity index (χ3v) is 3.12. The highest BCUT2D eigenvalue weighted by Gasteiger charge is 2.11. The van der Waals surface area contributed by atoms with E-state index in [-0.39, 0.29) is 11.8 Å². The standard InChI is InChI=1S/C16H17N3O2/c1-10-6-7-12(17)9-14(10)16(21)19-13-5-3-4-11(8-13)15(20)18-2/h3-9H,17H2,1-2H3,(H,18,20)(H,19,21). The number of nitrogen functional groups attached to an aromatic ring is 1. The summed E-state index contributed by atoms with van der Waals surface area (Å²) in [5.74, 6) is -0.458. The number of carbonyl (C=O) groups is 2. The largest absolute Gasteiger partial charge is 0.399 e. The minimum absolute atomic E-state index is 0.203. The van der Waals surface area contributed by atoms with Gasteiger partial charge in [-0.25, -0.2) is 0 Å². The predicted molar refractivity (Wildman–Crippen MR) is 83.4 cm³/mol. The first-order valence-corrected chi connectivity index (χ1v) is 6.51. The molecule has 21 heavy (non-hydrogen) atoms. The number of anilines is 2. The first-order valence-electron chi connectivity index (χ1n) is 6.51. The van der Waals surface area contributed by atoms with E-state index in [0.29, 0.717) is 22.5 Å². The summed E-state index contributed by atoms with van der Waals surface area (Å²) in [5.41, 5.74) is 8.64. The molecular formula is C16H17N3O2. The lowest BCUT2D eigenvalue weighted by Gasteiger charge is -2.09. The van der Waals surface area contributed by atoms with Gasteiger partial charge >= 0.3 is 0 Å². The summed E-state index contributed by atoms with van der Waals surface area (Å²) >= 11 is 0. The Balaban J connectivity index is 2.23. The number of rotatable bonds is 3. The molecule has 0 unspecified atom stereocenters. The lowest BCUT2D eigenvalue weighted by Crippen LogP contribution is -2.18. The highest BCUT2D eigenvalue weighted by atomic mass is 16.2. The maximum absolute atomic E-state index is 12.3. The first kappa shape index (κ1) is 14.6. The first-order chi connectivity index (χ1) is 10.0. The van der Waals surface area contributed by atoms with E-state index < -0.39 is 0 Å². The molecule has 2 rings (SSSR count). The van der Waals surface area contributed by atoms with Crippen LogP contribution in [-0.2, 0) is 0 Å². The van der Waals surface area contributed by atoms with Crippen molar-refractivity contribution in [2.24, 2.45) is 0 Å². The van der Waals surface area contributed by atoms with Gasteiger partial charge in [0.15, 0.2) is 0 Å². The van der Waals surface area contributed by atoms with Crippen LogP contribution in [0.5, 0.6) is 0 Å². The SMILES string of the molecule is CNC(=O)c1cccc(NC(=O)c2cc(N)ccc2C)c1. The lowest BCUT2D eigenvalue weighted by molar-refractivity contribution is 0.0961. The van der Waals surface area contributed by atoms with Crippen LogP contribution in [0.3, 0.4) is 0 Å². The molecule has 0 aliphatic rings. The Kier molecular flexibility index (Phi) is 4.23. The van der Waals surface area contributed by atoms with Gasteiger partial charge in [0.25, 0.3) is 11.8 Å². The molecule has 0 spiro atoms. The maximum Gasteiger partial charge on any atom is 0.256 e. The second kappa shape index (κ2) is 6.09. The van der Waals surface area contributed by atoms with Crippen LogP contribution in [-0.4, -0.2) is 18.9 Å². The van der Waals surface area contributed by atoms with E-state index in [1.807, 2.05) is 6.92 Å². The highest BCUT2D eigenvalue weighted by Crippen LogP contribution is 2.16. The molecule has 0 aromatic heterocycles. The van der Waals surface area contributed by atoms with E-state index in [2.05, 4.69) is 10.6 Å². The van der Waals surface area contributed by atoms with Crippen molar-refractivity contribution < 1.29 is 9.59 Å². The summed E-state index contributed by atoms with van der Waals surface area (Å²) in [6.45, 7) is 1.84. The van der Waals surface area contributed by atoms with Gasteiger partial charge in [0.1, 0.15) is 0 Å². The average Bonchev–Trinajstić information content (AvgIpc) is 2.49. The van der Waals surface area contributed by atoms with Crippen LogP contribution in [0.15, 0.2) is 42.5 Å². The van der Waals surface area contributed by atoms with Crippen LogP contribution in [0.1, 0.15) is 26.3 Å². The zero-order chi connectivity index (χ0) is 15.4. The van der Waals surface area contributed by atoms with E-state index in [1.165, 1.54) is 0 Å². The normalized spacial score (nSPS) is 10.0. The molecule has 2 amide bonds. The number of nitrogens with one attached hydrogen (secondary N) is 2. The quantitative estimate of drug-likeness (QED) is 0.755. The molecule has 0 fully saturated rings. The molecule has 0 saturated heterocycles. The Labute approximate surface area is 123 Å². The van der Waals surface area contributed by atoms with Gasteiger partial charge in [0, 0.05) is 29.5 Å². The topological polar surface area (TPSA) is 84.2 Å². The molecule has 0 atom stereocenters. The molecule has 0 saturated carbocycles. The van der Waals surface area contributed by atoms with Crippen LogP contribution in [0.25, 0.3) is 0 Å². The minimum atomic E-state index is -0.256. The van der Waals surface area contributed by atoms with Crippen molar-refractivity contribution in [2.75, 3.05) is 18.1 Å². The zero-order valence-electron chi connectivity index (χ0n) is 11.9. The summed E-state index contributed by atoms with van der Waals surface area (Å²) in [6, 6.07) is 11.9. The summed E-state index contributed by atoms with van der Waals surface area (Å²) in [6.07, 6.45) is 0. The highest BCUT2D eigenvalue weighted by molar-refractivity contribution is 6.06. The fourth-order valence-corrected chi connectivity index (χ4v) is 1.97. The van der Waals surface area contributed by atoms with Crippen LogP contribution >= 0.6 is 0 Å². The molecule has 2 aromatic carbocycles. The smallest absolute Gasteiger partial charge is 0.256 e. The Morgan fingerprint density at radius 1 is 1.05 bits per heavy atom. The Morgan fingerprint density at radius 2 is 1.81 bits per heavy atom. The number of carbonyl (C=O) groups excluding carboxylic acids is 2. The molecule has 0 heterocycles. The van der Waals surface area contributed by atoms with Crippen LogP contribution in [0.4, 0.5) is 11.4 Å². The van der Waals surface area contributed by atoms with Crippen molar-refractivity contribution in [3.63, 3.8) is 0 Å². The molecule has 4 N–H and O–H groups in total. The summed E-state index contributed by atoms with van der Waals surface area (Å²) in [5, 5.41) is 5.31. The molecule has 2 aromatic rings. The third kappa shape index (κ3) is 3.39. The van der Waals surface area contributed by atoms with Gasteiger partial charge in [-0.15, -0.1) is 0 Å². The van der Waals surface area contributed by atoms with Crippen molar-refractivity contribution in [3.8, 4) is 0 Å². The van der Waals surface area contributed by atoms with Gasteiger partial charge in [-0.1, -0.05) is 12.1 Å². The van der Waals surface area contributed by atoms with Crippen molar-refractivity contribution >= 4 is 23.2 Å². The van der Waals surface area contributed by atoms with Crippen LogP contribution in [0, 0.1) is 6.92 Å². The number of aryl methyl sites for hydroxylation is 1. The van der Waals surface area contributed by atoms with Crippen molar-refractivity contribution in [1.29, 1.82) is 0 Å². The molecule has 108 valence electrons. The van der Waals surface area contributed by atoms with Gasteiger partial charge in [0.05, 0.1) is 0 Å². The van der Waals surface area contributed by atoms with E-state index >= 15 is 0 Å². The predicted octanol–water partition coefficient (Wildman–Crippen LogP) is 2.19. The fourth-order valence-electron chi connectivity index (χ4n) is 1.97. The Hall–Kier alpha value is -2.82. The number of hydrogen-bond donors (Lipinski definition) is 3. The zero-order valence-corrected chi connectivity index (χ0v) is 11.9. The number of benzene rings is 2. The fraction of sp³-hybridized carbons (Fsp3) is 0.125. The van der Waals surface area contributed by atoms with Gasteiger partial charge in [-0.05, 0) is 42.8 Å². The third-order valence-electron chi connectivity index (χ3n) is 3.12. The van der Waals surface area contributed by atoms with E-state index in [0.717, 1.165) is 5.56 Å². The van der Waals surface area contributed by atoms with Crippen molar-refractivity contribution in [3.05, 3.63) is 59.2 Å². The monoisotopic (exact) mass is 283 g/mol. The minimum Gasteiger partial charge on any atom is -0.399 e. The van der Waals surface area contributed by atoms with Gasteiger partial charge in [0.2, 0.25) is 0 Å².